The maximum atomic E-state index is 12.2. The summed E-state index contributed by atoms with van der Waals surface area (Å²) in [6.45, 7) is 9.54. The van der Waals surface area contributed by atoms with Crippen LogP contribution < -0.4 is 10.4 Å². The van der Waals surface area contributed by atoms with E-state index in [2.05, 4.69) is 26.1 Å². The van der Waals surface area contributed by atoms with E-state index in [1.54, 1.807) is 13.8 Å². The second-order valence-electron chi connectivity index (χ2n) is 6.64. The molecule has 0 saturated heterocycles. The molecule has 0 spiro atoms. The second-order valence-corrected chi connectivity index (χ2v) is 6.64. The van der Waals surface area contributed by atoms with Gasteiger partial charge in [-0.25, -0.2) is 0 Å². The van der Waals surface area contributed by atoms with Gasteiger partial charge < -0.3 is 15.2 Å². The van der Waals surface area contributed by atoms with Gasteiger partial charge in [0.2, 0.25) is 5.91 Å². The van der Waals surface area contributed by atoms with E-state index in [-0.39, 0.29) is 23.7 Å². The van der Waals surface area contributed by atoms with Crippen molar-refractivity contribution in [1.29, 1.82) is 0 Å². The molecule has 0 saturated carbocycles. The van der Waals surface area contributed by atoms with Gasteiger partial charge in [0.25, 0.3) is 0 Å². The molecule has 0 aliphatic rings. The minimum absolute atomic E-state index is 0.0780. The number of rotatable bonds is 5. The van der Waals surface area contributed by atoms with Crippen molar-refractivity contribution in [2.24, 2.45) is 11.8 Å². The van der Waals surface area contributed by atoms with Gasteiger partial charge in [0.05, 0.1) is 0 Å². The summed E-state index contributed by atoms with van der Waals surface area (Å²) in [6, 6.07) is 7.68. The molecule has 4 heteroatoms. The van der Waals surface area contributed by atoms with Gasteiger partial charge in [-0.05, 0) is 29.4 Å². The molecule has 0 aromatic heterocycles. The van der Waals surface area contributed by atoms with E-state index < -0.39 is 11.9 Å². The Labute approximate surface area is 126 Å². The molecule has 0 heterocycles. The first-order valence-corrected chi connectivity index (χ1v) is 7.24. The fraction of sp³-hybridized carbons (Fsp3) is 0.529. The van der Waals surface area contributed by atoms with Gasteiger partial charge in [0.15, 0.2) is 0 Å². The first-order valence-electron chi connectivity index (χ1n) is 7.24. The van der Waals surface area contributed by atoms with Crippen LogP contribution in [0.15, 0.2) is 24.3 Å². The first kappa shape index (κ1) is 17.2. The number of hydrogen-bond acceptors (Lipinski definition) is 3. The van der Waals surface area contributed by atoms with Crippen LogP contribution in [-0.2, 0) is 15.0 Å². The van der Waals surface area contributed by atoms with Crippen LogP contribution >= 0.6 is 0 Å². The molecule has 0 unspecified atom stereocenters. The molecule has 1 aromatic rings. The molecular formula is C17H24NO3-. The Morgan fingerprint density at radius 3 is 2.24 bits per heavy atom. The third kappa shape index (κ3) is 4.88. The van der Waals surface area contributed by atoms with E-state index in [9.17, 15) is 14.7 Å². The average molecular weight is 290 g/mol. The molecule has 0 fully saturated rings. The highest BCUT2D eigenvalue weighted by atomic mass is 16.4. The van der Waals surface area contributed by atoms with Crippen molar-refractivity contribution in [2.45, 2.75) is 46.5 Å². The lowest BCUT2D eigenvalue weighted by atomic mass is 9.85. The lowest BCUT2D eigenvalue weighted by Gasteiger charge is -2.24. The zero-order chi connectivity index (χ0) is 16.2. The van der Waals surface area contributed by atoms with Crippen molar-refractivity contribution in [1.82, 2.24) is 0 Å². The first-order chi connectivity index (χ1) is 9.62. The molecule has 1 rings (SSSR count). The SMILES string of the molecule is C[C@H](C[C@H](C)C(=O)Nc1ccccc1C(C)(C)C)C(=O)[O-]. The van der Waals surface area contributed by atoms with Crippen LogP contribution in [0.3, 0.4) is 0 Å². The topological polar surface area (TPSA) is 69.2 Å². The largest absolute Gasteiger partial charge is 0.550 e. The van der Waals surface area contributed by atoms with Crippen LogP contribution in [0.4, 0.5) is 5.69 Å². The van der Waals surface area contributed by atoms with Crippen LogP contribution in [0.1, 0.15) is 46.6 Å². The minimum Gasteiger partial charge on any atom is -0.550 e. The van der Waals surface area contributed by atoms with Crippen molar-refractivity contribution < 1.29 is 14.7 Å². The highest BCUT2D eigenvalue weighted by Crippen LogP contribution is 2.29. The number of carboxylic acid groups (broad SMARTS) is 1. The molecule has 2 atom stereocenters. The molecule has 0 bridgehead atoms. The Balaban J connectivity index is 2.82. The summed E-state index contributed by atoms with van der Waals surface area (Å²) in [5, 5.41) is 13.7. The van der Waals surface area contributed by atoms with Crippen LogP contribution in [-0.4, -0.2) is 11.9 Å². The lowest BCUT2D eigenvalue weighted by molar-refractivity contribution is -0.311. The summed E-state index contributed by atoms with van der Waals surface area (Å²) >= 11 is 0. The van der Waals surface area contributed by atoms with Gasteiger partial charge in [0.1, 0.15) is 0 Å². The number of carboxylic acids is 1. The maximum absolute atomic E-state index is 12.2. The maximum Gasteiger partial charge on any atom is 0.227 e. The lowest BCUT2D eigenvalue weighted by Crippen LogP contribution is -2.33. The highest BCUT2D eigenvalue weighted by molar-refractivity contribution is 5.93. The Bertz CT molecular complexity index is 517. The van der Waals surface area contributed by atoms with Crippen LogP contribution in [0.2, 0.25) is 0 Å². The van der Waals surface area contributed by atoms with Crippen LogP contribution in [0.5, 0.6) is 0 Å². The zero-order valence-electron chi connectivity index (χ0n) is 13.4. The van der Waals surface area contributed by atoms with Crippen LogP contribution in [0, 0.1) is 11.8 Å². The smallest absolute Gasteiger partial charge is 0.227 e. The van der Waals surface area contributed by atoms with E-state index in [0.29, 0.717) is 0 Å². The number of carbonyl (C=O) groups excluding carboxylic acids is 2. The molecule has 0 aliphatic carbocycles. The Kier molecular flexibility index (Phi) is 5.53. The summed E-state index contributed by atoms with van der Waals surface area (Å²) in [6.07, 6.45) is 0.270. The third-order valence-corrected chi connectivity index (χ3v) is 3.55. The van der Waals surface area contributed by atoms with Crippen molar-refractivity contribution in [3.63, 3.8) is 0 Å². The fourth-order valence-electron chi connectivity index (χ4n) is 2.24. The predicted molar refractivity (Wildman–Crippen MR) is 81.7 cm³/mol. The zero-order valence-corrected chi connectivity index (χ0v) is 13.4. The Morgan fingerprint density at radius 1 is 1.14 bits per heavy atom. The molecular weight excluding hydrogens is 266 g/mol. The molecule has 1 N–H and O–H groups in total. The van der Waals surface area contributed by atoms with Gasteiger partial charge in [-0.2, -0.15) is 0 Å². The van der Waals surface area contributed by atoms with E-state index in [4.69, 9.17) is 0 Å². The van der Waals surface area contributed by atoms with Gasteiger partial charge in [0, 0.05) is 17.6 Å². The number of aliphatic carboxylic acids is 1. The van der Waals surface area contributed by atoms with Crippen molar-refractivity contribution in [3.8, 4) is 0 Å². The second kappa shape index (κ2) is 6.74. The summed E-state index contributed by atoms with van der Waals surface area (Å²) in [7, 11) is 0. The number of amides is 1. The quantitative estimate of drug-likeness (QED) is 0.905. The number of benzene rings is 1. The molecule has 0 radical (unpaired) electrons. The molecule has 4 nitrogen and oxygen atoms in total. The molecule has 116 valence electrons. The number of nitrogens with one attached hydrogen (secondary N) is 1. The molecule has 0 aliphatic heterocycles. The van der Waals surface area contributed by atoms with E-state index in [1.165, 1.54) is 0 Å². The number of anilines is 1. The van der Waals surface area contributed by atoms with Gasteiger partial charge in [-0.1, -0.05) is 52.8 Å². The van der Waals surface area contributed by atoms with Gasteiger partial charge >= 0.3 is 0 Å². The van der Waals surface area contributed by atoms with Crippen molar-refractivity contribution in [2.75, 3.05) is 5.32 Å². The fourth-order valence-corrected chi connectivity index (χ4v) is 2.24. The standard InChI is InChI=1S/C17H25NO3/c1-11(10-12(2)16(20)21)15(19)18-14-9-7-6-8-13(14)17(3,4)5/h6-9,11-12H,10H2,1-5H3,(H,18,19)(H,20,21)/p-1/t11-,12+/m0/s1. The van der Waals surface area contributed by atoms with Gasteiger partial charge in [-0.3, -0.25) is 4.79 Å². The predicted octanol–water partition coefficient (Wildman–Crippen LogP) is 2.33. The Hall–Kier alpha value is -1.84. The molecule has 1 amide bonds. The third-order valence-electron chi connectivity index (χ3n) is 3.55. The van der Waals surface area contributed by atoms with E-state index >= 15 is 0 Å². The average Bonchev–Trinajstić information content (AvgIpc) is 2.37. The summed E-state index contributed by atoms with van der Waals surface area (Å²) in [5.74, 6) is -2.31. The summed E-state index contributed by atoms with van der Waals surface area (Å²) < 4.78 is 0. The summed E-state index contributed by atoms with van der Waals surface area (Å²) in [5.41, 5.74) is 1.76. The van der Waals surface area contributed by atoms with E-state index in [0.717, 1.165) is 11.3 Å². The number of para-hydroxylation sites is 1. The normalized spacial score (nSPS) is 14.3. The molecule has 21 heavy (non-hydrogen) atoms. The summed E-state index contributed by atoms with van der Waals surface area (Å²) in [4.78, 5) is 23.0. The number of hydrogen-bond donors (Lipinski definition) is 1. The Morgan fingerprint density at radius 2 is 1.71 bits per heavy atom. The molecule has 1 aromatic carbocycles. The van der Waals surface area contributed by atoms with Crippen molar-refractivity contribution in [3.05, 3.63) is 29.8 Å². The number of carbonyl (C=O) groups is 2. The van der Waals surface area contributed by atoms with Crippen molar-refractivity contribution >= 4 is 17.6 Å². The van der Waals surface area contributed by atoms with Gasteiger partial charge in [-0.15, -0.1) is 0 Å². The monoisotopic (exact) mass is 290 g/mol. The van der Waals surface area contributed by atoms with E-state index in [1.807, 2.05) is 24.3 Å². The minimum atomic E-state index is -1.12. The highest BCUT2D eigenvalue weighted by Gasteiger charge is 2.21. The van der Waals surface area contributed by atoms with Crippen LogP contribution in [0.25, 0.3) is 0 Å².